The van der Waals surface area contributed by atoms with Crippen LogP contribution in [0.25, 0.3) is 11.2 Å². The fraction of sp³-hybridized carbons (Fsp3) is 0.409. The minimum absolute atomic E-state index is 0.00177. The molecule has 1 unspecified atom stereocenters. The number of aromatic nitrogens is 4. The predicted octanol–water partition coefficient (Wildman–Crippen LogP) is 2.20. The molecule has 3 aromatic heterocycles. The standard InChI is InChI=1S/C22H26N6O2/c1-15(2)12-26-7-8-28(16(3)21(26)29)22(30)18-9-19-20(24-11-18)27(14-25-19)13-17-5-4-6-23-10-17/h4-6,9-11,14-16H,7-8,12-13H2,1-3H3. The second kappa shape index (κ2) is 8.22. The molecule has 0 aromatic carbocycles. The van der Waals surface area contributed by atoms with Gasteiger partial charge in [0.1, 0.15) is 11.6 Å². The largest absolute Gasteiger partial charge is 0.339 e. The molecule has 0 radical (unpaired) electrons. The van der Waals surface area contributed by atoms with E-state index in [2.05, 4.69) is 28.8 Å². The normalized spacial score (nSPS) is 17.2. The van der Waals surface area contributed by atoms with Crippen LogP contribution < -0.4 is 0 Å². The fourth-order valence-electron chi connectivity index (χ4n) is 3.86. The summed E-state index contributed by atoms with van der Waals surface area (Å²) in [4.78, 5) is 42.3. The van der Waals surface area contributed by atoms with E-state index in [0.717, 1.165) is 5.56 Å². The highest BCUT2D eigenvalue weighted by Crippen LogP contribution is 2.19. The lowest BCUT2D eigenvalue weighted by molar-refractivity contribution is -0.140. The molecule has 156 valence electrons. The van der Waals surface area contributed by atoms with Crippen molar-refractivity contribution in [2.24, 2.45) is 5.92 Å². The van der Waals surface area contributed by atoms with Gasteiger partial charge in [-0.1, -0.05) is 19.9 Å². The molecule has 1 saturated heterocycles. The maximum Gasteiger partial charge on any atom is 0.256 e. The average molecular weight is 406 g/mol. The van der Waals surface area contributed by atoms with Gasteiger partial charge in [-0.3, -0.25) is 14.6 Å². The molecule has 0 spiro atoms. The zero-order valence-electron chi connectivity index (χ0n) is 17.5. The van der Waals surface area contributed by atoms with E-state index in [1.807, 2.05) is 21.6 Å². The topological polar surface area (TPSA) is 84.2 Å². The van der Waals surface area contributed by atoms with Crippen LogP contribution >= 0.6 is 0 Å². The van der Waals surface area contributed by atoms with E-state index in [-0.39, 0.29) is 11.8 Å². The summed E-state index contributed by atoms with van der Waals surface area (Å²) in [7, 11) is 0. The molecule has 1 aliphatic heterocycles. The number of hydrogen-bond acceptors (Lipinski definition) is 5. The van der Waals surface area contributed by atoms with E-state index in [0.29, 0.717) is 48.8 Å². The van der Waals surface area contributed by atoms with Crippen molar-refractivity contribution in [3.63, 3.8) is 0 Å². The first-order valence-electron chi connectivity index (χ1n) is 10.2. The Morgan fingerprint density at radius 3 is 2.80 bits per heavy atom. The number of amides is 2. The maximum absolute atomic E-state index is 13.1. The van der Waals surface area contributed by atoms with E-state index in [9.17, 15) is 9.59 Å². The third kappa shape index (κ3) is 3.90. The van der Waals surface area contributed by atoms with E-state index in [4.69, 9.17) is 0 Å². The van der Waals surface area contributed by atoms with Gasteiger partial charge >= 0.3 is 0 Å². The Kier molecular flexibility index (Phi) is 5.48. The van der Waals surface area contributed by atoms with E-state index < -0.39 is 6.04 Å². The van der Waals surface area contributed by atoms with Crippen LogP contribution in [0.3, 0.4) is 0 Å². The number of pyridine rings is 2. The molecule has 2 amide bonds. The van der Waals surface area contributed by atoms with Gasteiger partial charge in [0, 0.05) is 38.2 Å². The van der Waals surface area contributed by atoms with Gasteiger partial charge in [-0.25, -0.2) is 9.97 Å². The Bertz CT molecular complexity index is 1060. The molecule has 1 fully saturated rings. The number of imidazole rings is 1. The highest BCUT2D eigenvalue weighted by molar-refractivity contribution is 5.99. The highest BCUT2D eigenvalue weighted by Gasteiger charge is 2.35. The lowest BCUT2D eigenvalue weighted by Gasteiger charge is -2.39. The van der Waals surface area contributed by atoms with Gasteiger partial charge in [0.05, 0.1) is 18.4 Å². The van der Waals surface area contributed by atoms with E-state index in [1.54, 1.807) is 42.8 Å². The van der Waals surface area contributed by atoms with Crippen LogP contribution in [-0.4, -0.2) is 66.8 Å². The molecule has 1 aliphatic rings. The Hall–Kier alpha value is -3.29. The van der Waals surface area contributed by atoms with Crippen molar-refractivity contribution in [3.8, 4) is 0 Å². The van der Waals surface area contributed by atoms with E-state index >= 15 is 0 Å². The molecule has 0 bridgehead atoms. The van der Waals surface area contributed by atoms with Crippen LogP contribution in [0.15, 0.2) is 43.1 Å². The summed E-state index contributed by atoms with van der Waals surface area (Å²) in [5, 5.41) is 0. The summed E-state index contributed by atoms with van der Waals surface area (Å²) in [6.45, 7) is 8.37. The zero-order valence-corrected chi connectivity index (χ0v) is 17.5. The SMILES string of the molecule is CC(C)CN1CCN(C(=O)c2cnc3c(c2)ncn3Cc2cccnc2)C(C)C1=O. The summed E-state index contributed by atoms with van der Waals surface area (Å²) in [6, 6.07) is 5.15. The molecule has 8 heteroatoms. The zero-order chi connectivity index (χ0) is 21.3. The number of nitrogens with zero attached hydrogens (tertiary/aromatic N) is 6. The van der Waals surface area contributed by atoms with Crippen molar-refractivity contribution in [3.05, 3.63) is 54.2 Å². The van der Waals surface area contributed by atoms with Crippen molar-refractivity contribution in [1.29, 1.82) is 0 Å². The lowest BCUT2D eigenvalue weighted by atomic mass is 10.1. The molecule has 8 nitrogen and oxygen atoms in total. The second-order valence-corrected chi connectivity index (χ2v) is 8.15. The van der Waals surface area contributed by atoms with Crippen LogP contribution in [-0.2, 0) is 11.3 Å². The number of carbonyl (C=O) groups excluding carboxylic acids is 2. The number of fused-ring (bicyclic) bond motifs is 1. The Balaban J connectivity index is 1.52. The van der Waals surface area contributed by atoms with Crippen LogP contribution in [0.5, 0.6) is 0 Å². The quantitative estimate of drug-likeness (QED) is 0.649. The molecular weight excluding hydrogens is 380 g/mol. The molecular formula is C22H26N6O2. The van der Waals surface area contributed by atoms with Gasteiger partial charge in [0.15, 0.2) is 5.65 Å². The Morgan fingerprint density at radius 1 is 1.23 bits per heavy atom. The number of carbonyl (C=O) groups is 2. The minimum atomic E-state index is -0.483. The van der Waals surface area contributed by atoms with Crippen LogP contribution in [0.1, 0.15) is 36.7 Å². The van der Waals surface area contributed by atoms with Crippen molar-refractivity contribution in [2.75, 3.05) is 19.6 Å². The molecule has 0 N–H and O–H groups in total. The van der Waals surface area contributed by atoms with Crippen LogP contribution in [0.2, 0.25) is 0 Å². The van der Waals surface area contributed by atoms with Gasteiger partial charge in [-0.2, -0.15) is 0 Å². The third-order valence-corrected chi connectivity index (χ3v) is 5.37. The lowest BCUT2D eigenvalue weighted by Crippen LogP contribution is -2.58. The van der Waals surface area contributed by atoms with Crippen molar-refractivity contribution >= 4 is 23.0 Å². The van der Waals surface area contributed by atoms with Crippen molar-refractivity contribution < 1.29 is 9.59 Å². The molecule has 0 saturated carbocycles. The molecule has 30 heavy (non-hydrogen) atoms. The summed E-state index contributed by atoms with van der Waals surface area (Å²) < 4.78 is 1.93. The van der Waals surface area contributed by atoms with E-state index in [1.165, 1.54) is 0 Å². The van der Waals surface area contributed by atoms with Gasteiger partial charge in [-0.05, 0) is 30.5 Å². The molecule has 4 heterocycles. The number of hydrogen-bond donors (Lipinski definition) is 0. The van der Waals surface area contributed by atoms with Crippen LogP contribution in [0, 0.1) is 5.92 Å². The molecule has 3 aromatic rings. The summed E-state index contributed by atoms with van der Waals surface area (Å²) in [5.74, 6) is 0.214. The third-order valence-electron chi connectivity index (χ3n) is 5.37. The second-order valence-electron chi connectivity index (χ2n) is 8.15. The van der Waals surface area contributed by atoms with Gasteiger partial charge in [0.25, 0.3) is 5.91 Å². The van der Waals surface area contributed by atoms with Gasteiger partial charge in [-0.15, -0.1) is 0 Å². The number of piperazine rings is 1. The minimum Gasteiger partial charge on any atom is -0.339 e. The average Bonchev–Trinajstić information content (AvgIpc) is 3.13. The first-order valence-corrected chi connectivity index (χ1v) is 10.2. The summed E-state index contributed by atoms with van der Waals surface area (Å²) in [6.07, 6.45) is 6.83. The fourth-order valence-corrected chi connectivity index (χ4v) is 3.86. The summed E-state index contributed by atoms with van der Waals surface area (Å²) in [5.41, 5.74) is 2.86. The number of rotatable bonds is 5. The van der Waals surface area contributed by atoms with Gasteiger partial charge in [0.2, 0.25) is 5.91 Å². The van der Waals surface area contributed by atoms with Gasteiger partial charge < -0.3 is 14.4 Å². The molecule has 1 atom stereocenters. The smallest absolute Gasteiger partial charge is 0.256 e. The first-order chi connectivity index (χ1) is 14.4. The van der Waals surface area contributed by atoms with Crippen molar-refractivity contribution in [1.82, 2.24) is 29.3 Å². The predicted molar refractivity (Wildman–Crippen MR) is 113 cm³/mol. The Labute approximate surface area is 175 Å². The highest BCUT2D eigenvalue weighted by atomic mass is 16.2. The molecule has 4 rings (SSSR count). The first kappa shape index (κ1) is 20.0. The monoisotopic (exact) mass is 406 g/mol. The maximum atomic E-state index is 13.1. The Morgan fingerprint density at radius 2 is 2.07 bits per heavy atom. The summed E-state index contributed by atoms with van der Waals surface area (Å²) >= 11 is 0. The molecule has 0 aliphatic carbocycles. The van der Waals surface area contributed by atoms with Crippen molar-refractivity contribution in [2.45, 2.75) is 33.4 Å². The van der Waals surface area contributed by atoms with Crippen LogP contribution in [0.4, 0.5) is 0 Å².